The topological polar surface area (TPSA) is 26.3 Å². The van der Waals surface area contributed by atoms with E-state index in [4.69, 9.17) is 16.3 Å². The van der Waals surface area contributed by atoms with Crippen LogP contribution in [-0.4, -0.2) is 12.4 Å². The molecule has 0 spiro atoms. The fraction of sp³-hybridized carbons (Fsp3) is 0.133. The number of benzene rings is 2. The molecule has 18 heavy (non-hydrogen) atoms. The van der Waals surface area contributed by atoms with Gasteiger partial charge in [-0.05, 0) is 30.2 Å². The number of carbonyl (C=O) groups is 1. The number of ketones is 1. The van der Waals surface area contributed by atoms with E-state index in [1.807, 2.05) is 42.5 Å². The Balaban J connectivity index is 2.22. The normalized spacial score (nSPS) is 10.1. The Bertz CT molecular complexity index is 550. The maximum absolute atomic E-state index is 10.8. The van der Waals surface area contributed by atoms with E-state index in [2.05, 4.69) is 0 Å². The van der Waals surface area contributed by atoms with Gasteiger partial charge in [0, 0.05) is 0 Å². The van der Waals surface area contributed by atoms with Crippen molar-refractivity contribution in [2.75, 3.05) is 6.61 Å². The van der Waals surface area contributed by atoms with Crippen molar-refractivity contribution in [3.05, 3.63) is 53.6 Å². The molecular weight excluding hydrogens is 248 g/mol. The highest BCUT2D eigenvalue weighted by molar-refractivity contribution is 6.32. The first kappa shape index (κ1) is 12.7. The number of rotatable bonds is 4. The zero-order valence-electron chi connectivity index (χ0n) is 10.0. The maximum atomic E-state index is 10.8. The van der Waals surface area contributed by atoms with Crippen molar-refractivity contribution >= 4 is 17.4 Å². The van der Waals surface area contributed by atoms with Crippen LogP contribution in [0.1, 0.15) is 6.92 Å². The molecule has 0 aliphatic rings. The lowest BCUT2D eigenvalue weighted by Gasteiger charge is -2.08. The highest BCUT2D eigenvalue weighted by atomic mass is 35.5. The van der Waals surface area contributed by atoms with Gasteiger partial charge in [-0.3, -0.25) is 4.79 Å². The van der Waals surface area contributed by atoms with Crippen molar-refractivity contribution in [3.8, 4) is 16.9 Å². The van der Waals surface area contributed by atoms with E-state index >= 15 is 0 Å². The number of carbonyl (C=O) groups excluding carboxylic acids is 1. The SMILES string of the molecule is CC(=O)COc1ccc(-c2ccccc2)cc1Cl. The van der Waals surface area contributed by atoms with E-state index in [1.165, 1.54) is 6.92 Å². The Morgan fingerprint density at radius 3 is 2.44 bits per heavy atom. The number of ether oxygens (including phenoxy) is 1. The van der Waals surface area contributed by atoms with Gasteiger partial charge in [-0.15, -0.1) is 0 Å². The summed E-state index contributed by atoms with van der Waals surface area (Å²) in [6, 6.07) is 15.5. The average molecular weight is 261 g/mol. The Morgan fingerprint density at radius 1 is 1.11 bits per heavy atom. The summed E-state index contributed by atoms with van der Waals surface area (Å²) in [6.45, 7) is 1.52. The van der Waals surface area contributed by atoms with Gasteiger partial charge in [0.05, 0.1) is 5.02 Å². The van der Waals surface area contributed by atoms with Crippen LogP contribution in [0.3, 0.4) is 0 Å². The molecule has 2 aromatic carbocycles. The first-order valence-electron chi connectivity index (χ1n) is 5.64. The molecule has 0 saturated carbocycles. The van der Waals surface area contributed by atoms with Crippen molar-refractivity contribution in [1.82, 2.24) is 0 Å². The minimum absolute atomic E-state index is 0.0294. The van der Waals surface area contributed by atoms with E-state index in [1.54, 1.807) is 6.07 Å². The van der Waals surface area contributed by atoms with Crippen molar-refractivity contribution in [3.63, 3.8) is 0 Å². The zero-order valence-corrected chi connectivity index (χ0v) is 10.8. The second-order valence-electron chi connectivity index (χ2n) is 4.00. The zero-order chi connectivity index (χ0) is 13.0. The van der Waals surface area contributed by atoms with Crippen molar-refractivity contribution in [1.29, 1.82) is 0 Å². The third-order valence-corrected chi connectivity index (χ3v) is 2.77. The fourth-order valence-corrected chi connectivity index (χ4v) is 1.84. The molecule has 0 aliphatic heterocycles. The first-order valence-corrected chi connectivity index (χ1v) is 6.02. The quantitative estimate of drug-likeness (QED) is 0.831. The minimum Gasteiger partial charge on any atom is -0.484 e. The third-order valence-electron chi connectivity index (χ3n) is 2.47. The Kier molecular flexibility index (Phi) is 4.00. The van der Waals surface area contributed by atoms with Crippen LogP contribution in [0.15, 0.2) is 48.5 Å². The Morgan fingerprint density at radius 2 is 1.83 bits per heavy atom. The van der Waals surface area contributed by atoms with Gasteiger partial charge < -0.3 is 4.74 Å². The van der Waals surface area contributed by atoms with Gasteiger partial charge in [-0.1, -0.05) is 48.0 Å². The molecular formula is C15H13ClO2. The summed E-state index contributed by atoms with van der Waals surface area (Å²) in [5.74, 6) is 0.504. The molecule has 2 aromatic rings. The van der Waals surface area contributed by atoms with Crippen LogP contribution >= 0.6 is 11.6 Å². The molecule has 3 heteroatoms. The summed E-state index contributed by atoms with van der Waals surface area (Å²) in [5, 5.41) is 0.512. The maximum Gasteiger partial charge on any atom is 0.167 e. The molecule has 0 bridgehead atoms. The molecule has 2 rings (SSSR count). The monoisotopic (exact) mass is 260 g/mol. The molecule has 0 N–H and O–H groups in total. The summed E-state index contributed by atoms with van der Waals surface area (Å²) >= 11 is 6.13. The molecule has 0 aliphatic carbocycles. The smallest absolute Gasteiger partial charge is 0.167 e. The highest BCUT2D eigenvalue weighted by Crippen LogP contribution is 2.30. The van der Waals surface area contributed by atoms with Crippen LogP contribution in [0.5, 0.6) is 5.75 Å². The molecule has 0 atom stereocenters. The van der Waals surface area contributed by atoms with E-state index in [0.29, 0.717) is 10.8 Å². The average Bonchev–Trinajstić information content (AvgIpc) is 2.38. The molecule has 92 valence electrons. The van der Waals surface area contributed by atoms with Gasteiger partial charge in [0.15, 0.2) is 5.78 Å². The fourth-order valence-electron chi connectivity index (χ4n) is 1.61. The van der Waals surface area contributed by atoms with Crippen LogP contribution in [-0.2, 0) is 4.79 Å². The minimum atomic E-state index is -0.0294. The molecule has 0 fully saturated rings. The van der Waals surface area contributed by atoms with Crippen LogP contribution < -0.4 is 4.74 Å². The van der Waals surface area contributed by atoms with Gasteiger partial charge in [0.25, 0.3) is 0 Å². The van der Waals surface area contributed by atoms with Crippen molar-refractivity contribution in [2.24, 2.45) is 0 Å². The van der Waals surface area contributed by atoms with Crippen LogP contribution in [0.25, 0.3) is 11.1 Å². The van der Waals surface area contributed by atoms with E-state index in [0.717, 1.165) is 11.1 Å². The lowest BCUT2D eigenvalue weighted by Crippen LogP contribution is -2.06. The summed E-state index contributed by atoms with van der Waals surface area (Å²) in [4.78, 5) is 10.8. The number of halogens is 1. The van der Waals surface area contributed by atoms with Crippen molar-refractivity contribution in [2.45, 2.75) is 6.92 Å². The van der Waals surface area contributed by atoms with Gasteiger partial charge in [0.2, 0.25) is 0 Å². The largest absolute Gasteiger partial charge is 0.484 e. The van der Waals surface area contributed by atoms with Gasteiger partial charge >= 0.3 is 0 Å². The summed E-state index contributed by atoms with van der Waals surface area (Å²) in [7, 11) is 0. The molecule has 0 saturated heterocycles. The molecule has 2 nitrogen and oxygen atoms in total. The number of hydrogen-bond donors (Lipinski definition) is 0. The van der Waals surface area contributed by atoms with E-state index < -0.39 is 0 Å². The van der Waals surface area contributed by atoms with Crippen LogP contribution in [0, 0.1) is 0 Å². The molecule has 0 aromatic heterocycles. The first-order chi connectivity index (χ1) is 8.66. The van der Waals surface area contributed by atoms with E-state index in [9.17, 15) is 4.79 Å². The Hall–Kier alpha value is -1.80. The van der Waals surface area contributed by atoms with E-state index in [-0.39, 0.29) is 12.4 Å². The van der Waals surface area contributed by atoms with Gasteiger partial charge in [-0.2, -0.15) is 0 Å². The van der Waals surface area contributed by atoms with Crippen LogP contribution in [0.4, 0.5) is 0 Å². The number of hydrogen-bond acceptors (Lipinski definition) is 2. The summed E-state index contributed by atoms with van der Waals surface area (Å²) in [5.41, 5.74) is 2.12. The standard InChI is InChI=1S/C15H13ClO2/c1-11(17)10-18-15-8-7-13(9-14(15)16)12-5-3-2-4-6-12/h2-9H,10H2,1H3. The lowest BCUT2D eigenvalue weighted by molar-refractivity contribution is -0.118. The second-order valence-corrected chi connectivity index (χ2v) is 4.41. The van der Waals surface area contributed by atoms with Crippen LogP contribution in [0.2, 0.25) is 5.02 Å². The Labute approximate surface area is 111 Å². The van der Waals surface area contributed by atoms with Gasteiger partial charge in [-0.25, -0.2) is 0 Å². The lowest BCUT2D eigenvalue weighted by atomic mass is 10.1. The van der Waals surface area contributed by atoms with Crippen molar-refractivity contribution < 1.29 is 9.53 Å². The summed E-state index contributed by atoms with van der Waals surface area (Å²) in [6.07, 6.45) is 0. The molecule has 0 amide bonds. The number of Topliss-reactive ketones (excluding diaryl/α,β-unsaturated/α-hetero) is 1. The highest BCUT2D eigenvalue weighted by Gasteiger charge is 2.05. The molecule has 0 radical (unpaired) electrons. The predicted molar refractivity (Wildman–Crippen MR) is 73.1 cm³/mol. The van der Waals surface area contributed by atoms with Gasteiger partial charge in [0.1, 0.15) is 12.4 Å². The summed E-state index contributed by atoms with van der Waals surface area (Å²) < 4.78 is 5.31. The molecule has 0 heterocycles. The third kappa shape index (κ3) is 3.11. The second kappa shape index (κ2) is 5.69. The predicted octanol–water partition coefficient (Wildman–Crippen LogP) is 3.97. The molecule has 0 unspecified atom stereocenters.